The van der Waals surface area contributed by atoms with Crippen molar-refractivity contribution in [2.24, 2.45) is 0 Å². The lowest BCUT2D eigenvalue weighted by Crippen LogP contribution is -2.36. The van der Waals surface area contributed by atoms with Crippen molar-refractivity contribution in [1.82, 2.24) is 4.98 Å². The molecule has 1 amide bonds. The van der Waals surface area contributed by atoms with E-state index in [4.69, 9.17) is 4.74 Å². The van der Waals surface area contributed by atoms with Crippen LogP contribution >= 0.6 is 0 Å². The molecule has 2 aromatic rings. The molecule has 1 fully saturated rings. The van der Waals surface area contributed by atoms with Gasteiger partial charge >= 0.3 is 0 Å². The fourth-order valence-corrected chi connectivity index (χ4v) is 2.45. The molecule has 128 valence electrons. The number of rotatable bonds is 3. The van der Waals surface area contributed by atoms with Crippen LogP contribution in [-0.4, -0.2) is 37.2 Å². The molecule has 0 unspecified atom stereocenters. The normalized spacial score (nSPS) is 13.7. The first-order valence-corrected chi connectivity index (χ1v) is 8.39. The average Bonchev–Trinajstić information content (AvgIpc) is 2.64. The van der Waals surface area contributed by atoms with Gasteiger partial charge in [-0.2, -0.15) is 0 Å². The summed E-state index contributed by atoms with van der Waals surface area (Å²) in [5, 5.41) is 2.92. The Morgan fingerprint density at radius 3 is 2.62 bits per heavy atom. The second kappa shape index (κ2) is 9.03. The van der Waals surface area contributed by atoms with E-state index >= 15 is 0 Å². The summed E-state index contributed by atoms with van der Waals surface area (Å²) in [6.07, 6.45) is 1.68. The summed E-state index contributed by atoms with van der Waals surface area (Å²) >= 11 is 0. The lowest BCUT2D eigenvalue weighted by Gasteiger charge is -2.27. The number of pyridine rings is 1. The second-order valence-electron chi connectivity index (χ2n) is 5.33. The van der Waals surface area contributed by atoms with Crippen molar-refractivity contribution < 1.29 is 9.53 Å². The third kappa shape index (κ3) is 4.80. The summed E-state index contributed by atoms with van der Waals surface area (Å²) in [6, 6.07) is 11.3. The number of aryl methyl sites for hydroxylation is 1. The van der Waals surface area contributed by atoms with Gasteiger partial charge < -0.3 is 15.0 Å². The average molecular weight is 327 g/mol. The lowest BCUT2D eigenvalue weighted by atomic mass is 10.2. The Labute approximate surface area is 143 Å². The highest BCUT2D eigenvalue weighted by Crippen LogP contribution is 2.16. The second-order valence-corrected chi connectivity index (χ2v) is 5.33. The minimum atomic E-state index is -0.123. The molecule has 5 nitrogen and oxygen atoms in total. The van der Waals surface area contributed by atoms with Crippen LogP contribution in [0.3, 0.4) is 0 Å². The van der Waals surface area contributed by atoms with Crippen molar-refractivity contribution in [2.45, 2.75) is 20.8 Å². The van der Waals surface area contributed by atoms with Gasteiger partial charge in [0.1, 0.15) is 5.82 Å². The highest BCUT2D eigenvalue weighted by molar-refractivity contribution is 6.04. The van der Waals surface area contributed by atoms with Crippen molar-refractivity contribution in [3.63, 3.8) is 0 Å². The Hall–Kier alpha value is -2.40. The van der Waals surface area contributed by atoms with E-state index in [0.29, 0.717) is 18.8 Å². The molecule has 1 N–H and O–H groups in total. The van der Waals surface area contributed by atoms with E-state index in [-0.39, 0.29) is 5.91 Å². The number of morpholine rings is 1. The molecule has 5 heteroatoms. The third-order valence-electron chi connectivity index (χ3n) is 3.62. The molecule has 1 aromatic heterocycles. The number of ether oxygens (including phenoxy) is 1. The van der Waals surface area contributed by atoms with E-state index in [2.05, 4.69) is 15.2 Å². The highest BCUT2D eigenvalue weighted by Gasteiger charge is 2.14. The Morgan fingerprint density at radius 2 is 1.92 bits per heavy atom. The zero-order valence-corrected chi connectivity index (χ0v) is 14.6. The first-order chi connectivity index (χ1) is 11.7. The van der Waals surface area contributed by atoms with Gasteiger partial charge in [-0.05, 0) is 36.8 Å². The van der Waals surface area contributed by atoms with E-state index in [1.165, 1.54) is 0 Å². The Bertz CT molecular complexity index is 667. The van der Waals surface area contributed by atoms with Crippen molar-refractivity contribution in [2.75, 3.05) is 36.5 Å². The van der Waals surface area contributed by atoms with Crippen LogP contribution in [0.1, 0.15) is 29.8 Å². The van der Waals surface area contributed by atoms with Crippen molar-refractivity contribution in [3.05, 3.63) is 53.7 Å². The van der Waals surface area contributed by atoms with Gasteiger partial charge in [-0.25, -0.2) is 4.98 Å². The van der Waals surface area contributed by atoms with Gasteiger partial charge in [0.2, 0.25) is 0 Å². The molecule has 0 saturated carbocycles. The van der Waals surface area contributed by atoms with Gasteiger partial charge in [0.05, 0.1) is 13.2 Å². The number of hydrogen-bond donors (Lipinski definition) is 1. The smallest absolute Gasteiger partial charge is 0.255 e. The van der Waals surface area contributed by atoms with E-state index < -0.39 is 0 Å². The lowest BCUT2D eigenvalue weighted by molar-refractivity contribution is 0.102. The molecule has 0 radical (unpaired) electrons. The van der Waals surface area contributed by atoms with Gasteiger partial charge in [0.25, 0.3) is 5.91 Å². The molecule has 0 atom stereocenters. The number of aromatic nitrogens is 1. The summed E-state index contributed by atoms with van der Waals surface area (Å²) in [4.78, 5) is 18.9. The van der Waals surface area contributed by atoms with Crippen LogP contribution in [-0.2, 0) is 4.74 Å². The fourth-order valence-electron chi connectivity index (χ4n) is 2.45. The summed E-state index contributed by atoms with van der Waals surface area (Å²) in [7, 11) is 0. The number of benzene rings is 1. The quantitative estimate of drug-likeness (QED) is 0.937. The van der Waals surface area contributed by atoms with Crippen molar-refractivity contribution in [3.8, 4) is 0 Å². The predicted molar refractivity (Wildman–Crippen MR) is 97.7 cm³/mol. The van der Waals surface area contributed by atoms with Gasteiger partial charge in [-0.1, -0.05) is 26.0 Å². The highest BCUT2D eigenvalue weighted by atomic mass is 16.5. The fraction of sp³-hybridized carbons (Fsp3) is 0.368. The minimum absolute atomic E-state index is 0.123. The molecule has 1 saturated heterocycles. The molecule has 24 heavy (non-hydrogen) atoms. The predicted octanol–water partition coefficient (Wildman–Crippen LogP) is 3.51. The van der Waals surface area contributed by atoms with E-state index in [0.717, 1.165) is 30.2 Å². The molecular formula is C19H25N3O2. The molecule has 0 aliphatic carbocycles. The Balaban J connectivity index is 0.00000100. The minimum Gasteiger partial charge on any atom is -0.378 e. The molecule has 2 heterocycles. The van der Waals surface area contributed by atoms with E-state index in [1.807, 2.05) is 51.1 Å². The molecule has 1 aliphatic heterocycles. The molecule has 1 aliphatic rings. The van der Waals surface area contributed by atoms with Crippen LogP contribution in [0.5, 0.6) is 0 Å². The molecule has 1 aromatic carbocycles. The number of anilines is 2. The molecule has 3 rings (SSSR count). The van der Waals surface area contributed by atoms with Crippen LogP contribution < -0.4 is 10.2 Å². The van der Waals surface area contributed by atoms with Crippen molar-refractivity contribution >= 4 is 17.4 Å². The van der Waals surface area contributed by atoms with Crippen LogP contribution in [0.4, 0.5) is 11.5 Å². The maximum absolute atomic E-state index is 12.4. The Kier molecular flexibility index (Phi) is 6.75. The topological polar surface area (TPSA) is 54.5 Å². The number of nitrogens with zero attached hydrogens (tertiary/aromatic N) is 2. The number of carbonyl (C=O) groups is 1. The third-order valence-corrected chi connectivity index (χ3v) is 3.62. The van der Waals surface area contributed by atoms with Crippen LogP contribution in [0, 0.1) is 6.92 Å². The largest absolute Gasteiger partial charge is 0.378 e. The number of hydrogen-bond acceptors (Lipinski definition) is 4. The maximum atomic E-state index is 12.4. The Morgan fingerprint density at radius 1 is 1.17 bits per heavy atom. The number of amides is 1. The number of nitrogens with one attached hydrogen (secondary N) is 1. The summed E-state index contributed by atoms with van der Waals surface area (Å²) in [5.74, 6) is 0.697. The van der Waals surface area contributed by atoms with Gasteiger partial charge in [0.15, 0.2) is 0 Å². The zero-order chi connectivity index (χ0) is 17.4. The summed E-state index contributed by atoms with van der Waals surface area (Å²) < 4.78 is 5.34. The molecule has 0 spiro atoms. The van der Waals surface area contributed by atoms with Gasteiger partial charge in [-0.3, -0.25) is 4.79 Å². The number of carbonyl (C=O) groups excluding carboxylic acids is 1. The van der Waals surface area contributed by atoms with E-state index in [9.17, 15) is 4.79 Å². The van der Waals surface area contributed by atoms with Crippen LogP contribution in [0.25, 0.3) is 0 Å². The maximum Gasteiger partial charge on any atom is 0.255 e. The first-order valence-electron chi connectivity index (χ1n) is 8.39. The summed E-state index contributed by atoms with van der Waals surface area (Å²) in [6.45, 7) is 8.99. The van der Waals surface area contributed by atoms with E-state index in [1.54, 1.807) is 12.3 Å². The van der Waals surface area contributed by atoms with Crippen LogP contribution in [0.15, 0.2) is 42.6 Å². The standard InChI is InChI=1S/C17H19N3O2.C2H6/c1-13-3-2-4-15(11-13)19-17(21)14-5-6-18-16(12-14)20-7-9-22-10-8-20;1-2/h2-6,11-12H,7-10H2,1H3,(H,19,21);1-2H3. The zero-order valence-electron chi connectivity index (χ0n) is 14.6. The van der Waals surface area contributed by atoms with Crippen LogP contribution in [0.2, 0.25) is 0 Å². The SMILES string of the molecule is CC.Cc1cccc(NC(=O)c2ccnc(N3CCOCC3)c2)c1. The summed E-state index contributed by atoms with van der Waals surface area (Å²) in [5.41, 5.74) is 2.52. The first kappa shape index (κ1) is 17.9. The molecule has 0 bridgehead atoms. The monoisotopic (exact) mass is 327 g/mol. The van der Waals surface area contributed by atoms with Crippen molar-refractivity contribution in [1.29, 1.82) is 0 Å². The molecular weight excluding hydrogens is 302 g/mol. The van der Waals surface area contributed by atoms with Gasteiger partial charge in [0, 0.05) is 30.5 Å². The van der Waals surface area contributed by atoms with Gasteiger partial charge in [-0.15, -0.1) is 0 Å².